The molecular weight excluding hydrogens is 451 g/mol. The van der Waals surface area contributed by atoms with E-state index in [4.69, 9.17) is 21.7 Å². The largest absolute Gasteiger partial charge is 0.484 e. The number of hydrogen-bond acceptors (Lipinski definition) is 5. The zero-order valence-electron chi connectivity index (χ0n) is 19.3. The van der Waals surface area contributed by atoms with Gasteiger partial charge in [0.05, 0.1) is 14.2 Å². The number of carbonyl (C=O) groups is 2. The summed E-state index contributed by atoms with van der Waals surface area (Å²) >= 11 is 5.16. The summed E-state index contributed by atoms with van der Waals surface area (Å²) in [6.07, 6.45) is 0. The van der Waals surface area contributed by atoms with E-state index < -0.39 is 5.24 Å². The number of amides is 1. The number of nitrogens with one attached hydrogen (secondary N) is 1. The molecule has 0 aliphatic heterocycles. The molecule has 2 aromatic rings. The fourth-order valence-corrected chi connectivity index (χ4v) is 2.09. The first kappa shape index (κ1) is 31.5. The molecule has 1 N–H and O–H groups in total. The molecule has 0 heterocycles. The van der Waals surface area contributed by atoms with Crippen molar-refractivity contribution in [2.75, 3.05) is 14.2 Å². The standard InChI is InChI=1S/C12H15NO2.C7H5ClO.C5H11NO.ClH/c1-9(2)12(15-3)13-11(14)10-7-5-4-6-8-10;8-7(9)6-4-2-1-3-5-6;1-4(2)5(6)7-3;/h4-9H,1-3H3;1-5H;4,6H,1-3H3;1H. The van der Waals surface area contributed by atoms with E-state index in [1.54, 1.807) is 36.4 Å². The van der Waals surface area contributed by atoms with E-state index in [-0.39, 0.29) is 30.2 Å². The molecule has 32 heavy (non-hydrogen) atoms. The molecule has 6 nitrogen and oxygen atoms in total. The van der Waals surface area contributed by atoms with Crippen LogP contribution in [-0.2, 0) is 9.47 Å². The smallest absolute Gasteiger partial charge is 0.279 e. The van der Waals surface area contributed by atoms with Gasteiger partial charge in [0, 0.05) is 23.0 Å². The summed E-state index contributed by atoms with van der Waals surface area (Å²) in [5.74, 6) is 0.887. The molecule has 0 aliphatic rings. The van der Waals surface area contributed by atoms with Crippen molar-refractivity contribution in [1.82, 2.24) is 0 Å². The molecule has 0 atom stereocenters. The van der Waals surface area contributed by atoms with Gasteiger partial charge in [-0.05, 0) is 23.7 Å². The van der Waals surface area contributed by atoms with Gasteiger partial charge >= 0.3 is 0 Å². The lowest BCUT2D eigenvalue weighted by molar-refractivity contribution is 0.0998. The molecule has 2 aromatic carbocycles. The minimum absolute atomic E-state index is 0. The van der Waals surface area contributed by atoms with E-state index >= 15 is 0 Å². The molecule has 0 saturated carbocycles. The van der Waals surface area contributed by atoms with Crippen LogP contribution in [0.3, 0.4) is 0 Å². The second-order valence-corrected chi connectivity index (χ2v) is 7.19. The third-order valence-electron chi connectivity index (χ3n) is 3.68. The summed E-state index contributed by atoms with van der Waals surface area (Å²) in [4.78, 5) is 26.0. The number of methoxy groups -OCH3 is 2. The quantitative estimate of drug-likeness (QED) is 0.315. The van der Waals surface area contributed by atoms with Crippen LogP contribution < -0.4 is 0 Å². The van der Waals surface area contributed by atoms with Crippen LogP contribution in [0.15, 0.2) is 65.7 Å². The molecule has 0 unspecified atom stereocenters. The summed E-state index contributed by atoms with van der Waals surface area (Å²) in [5.41, 5.74) is 1.12. The van der Waals surface area contributed by atoms with Gasteiger partial charge < -0.3 is 9.47 Å². The highest BCUT2D eigenvalue weighted by molar-refractivity contribution is 6.67. The van der Waals surface area contributed by atoms with E-state index in [1.807, 2.05) is 52.0 Å². The molecule has 0 bridgehead atoms. The Labute approximate surface area is 201 Å². The summed E-state index contributed by atoms with van der Waals surface area (Å²) < 4.78 is 9.63. The van der Waals surface area contributed by atoms with Crippen molar-refractivity contribution < 1.29 is 19.1 Å². The van der Waals surface area contributed by atoms with Crippen LogP contribution in [0.2, 0.25) is 0 Å². The van der Waals surface area contributed by atoms with Crippen LogP contribution in [0, 0.1) is 17.2 Å². The zero-order chi connectivity index (χ0) is 23.8. The summed E-state index contributed by atoms with van der Waals surface area (Å²) in [6.45, 7) is 7.71. The predicted octanol–water partition coefficient (Wildman–Crippen LogP) is 6.28. The number of carbonyl (C=O) groups excluding carboxylic acids is 2. The molecule has 0 spiro atoms. The van der Waals surface area contributed by atoms with Crippen molar-refractivity contribution in [3.8, 4) is 0 Å². The van der Waals surface area contributed by atoms with Crippen LogP contribution in [0.1, 0.15) is 48.4 Å². The van der Waals surface area contributed by atoms with Crippen LogP contribution >= 0.6 is 24.0 Å². The Hall–Kier alpha value is -2.70. The Bertz CT molecular complexity index is 840. The third-order valence-corrected chi connectivity index (χ3v) is 3.90. The van der Waals surface area contributed by atoms with Gasteiger partial charge in [0.2, 0.25) is 0 Å². The zero-order valence-corrected chi connectivity index (χ0v) is 20.9. The maximum Gasteiger partial charge on any atom is 0.279 e. The summed E-state index contributed by atoms with van der Waals surface area (Å²) in [5, 5.41) is 6.56. The van der Waals surface area contributed by atoms with Gasteiger partial charge in [-0.1, -0.05) is 76.2 Å². The van der Waals surface area contributed by atoms with Crippen LogP contribution in [-0.4, -0.2) is 37.2 Å². The van der Waals surface area contributed by atoms with E-state index in [1.165, 1.54) is 14.2 Å². The summed E-state index contributed by atoms with van der Waals surface area (Å²) in [7, 11) is 3.04. The number of aliphatic imine (C=N–C) groups is 1. The fourth-order valence-electron chi connectivity index (χ4n) is 1.96. The average Bonchev–Trinajstić information content (AvgIpc) is 2.78. The second kappa shape index (κ2) is 17.9. The van der Waals surface area contributed by atoms with E-state index in [9.17, 15) is 9.59 Å². The molecule has 0 radical (unpaired) electrons. The van der Waals surface area contributed by atoms with Crippen molar-refractivity contribution in [3.05, 3.63) is 71.8 Å². The van der Waals surface area contributed by atoms with Gasteiger partial charge in [-0.3, -0.25) is 15.0 Å². The Morgan fingerprint density at radius 1 is 0.812 bits per heavy atom. The number of rotatable bonds is 4. The lowest BCUT2D eigenvalue weighted by atomic mass is 10.2. The number of nitrogens with zero attached hydrogens (tertiary/aromatic N) is 1. The summed E-state index contributed by atoms with van der Waals surface area (Å²) in [6, 6.07) is 17.7. The monoisotopic (exact) mass is 482 g/mol. The van der Waals surface area contributed by atoms with Crippen molar-refractivity contribution in [3.63, 3.8) is 0 Å². The molecule has 8 heteroatoms. The topological polar surface area (TPSA) is 88.8 Å². The highest BCUT2D eigenvalue weighted by Gasteiger charge is 2.09. The molecule has 2 rings (SSSR count). The molecule has 0 aromatic heterocycles. The SMILES string of the molecule is COC(=N)C(C)C.COC(=NC(=O)c1ccccc1)C(C)C.Cl.O=C(Cl)c1ccccc1. The van der Waals surface area contributed by atoms with Gasteiger partial charge in [-0.25, -0.2) is 0 Å². The van der Waals surface area contributed by atoms with Crippen LogP contribution in [0.4, 0.5) is 0 Å². The van der Waals surface area contributed by atoms with Gasteiger partial charge in [0.25, 0.3) is 11.1 Å². The highest BCUT2D eigenvalue weighted by Crippen LogP contribution is 2.05. The Morgan fingerprint density at radius 3 is 1.50 bits per heavy atom. The van der Waals surface area contributed by atoms with Gasteiger partial charge in [0.1, 0.15) is 0 Å². The lowest BCUT2D eigenvalue weighted by Crippen LogP contribution is -2.12. The molecule has 0 aliphatic carbocycles. The van der Waals surface area contributed by atoms with E-state index in [2.05, 4.69) is 9.73 Å². The van der Waals surface area contributed by atoms with E-state index in [0.717, 1.165) is 0 Å². The van der Waals surface area contributed by atoms with Gasteiger partial charge in [-0.15, -0.1) is 12.4 Å². The fraction of sp³-hybridized carbons (Fsp3) is 0.333. The Kier molecular flexibility index (Phi) is 17.6. The molecule has 0 saturated heterocycles. The Morgan fingerprint density at radius 2 is 1.25 bits per heavy atom. The molecule has 1 amide bonds. The number of benzene rings is 2. The third kappa shape index (κ3) is 13.6. The predicted molar refractivity (Wildman–Crippen MR) is 134 cm³/mol. The van der Waals surface area contributed by atoms with Gasteiger partial charge in [0.15, 0.2) is 11.8 Å². The van der Waals surface area contributed by atoms with E-state index in [0.29, 0.717) is 22.9 Å². The highest BCUT2D eigenvalue weighted by atomic mass is 35.5. The molecule has 176 valence electrons. The van der Waals surface area contributed by atoms with Crippen molar-refractivity contribution in [2.24, 2.45) is 16.8 Å². The first-order chi connectivity index (χ1) is 14.6. The van der Waals surface area contributed by atoms with Crippen LogP contribution in [0.5, 0.6) is 0 Å². The number of ether oxygens (including phenoxy) is 2. The van der Waals surface area contributed by atoms with Crippen molar-refractivity contribution in [1.29, 1.82) is 5.41 Å². The Balaban J connectivity index is 0. The minimum Gasteiger partial charge on any atom is -0.484 e. The number of hydrogen-bond donors (Lipinski definition) is 1. The molecular formula is C24H32Cl2N2O4. The van der Waals surface area contributed by atoms with Crippen LogP contribution in [0.25, 0.3) is 0 Å². The van der Waals surface area contributed by atoms with Gasteiger partial charge in [-0.2, -0.15) is 4.99 Å². The van der Waals surface area contributed by atoms with Crippen molar-refractivity contribution in [2.45, 2.75) is 27.7 Å². The second-order valence-electron chi connectivity index (χ2n) is 6.84. The lowest BCUT2D eigenvalue weighted by Gasteiger charge is -2.07. The normalized spacial score (nSPS) is 9.97. The first-order valence-corrected chi connectivity index (χ1v) is 10.1. The maximum atomic E-state index is 11.7. The average molecular weight is 483 g/mol. The van der Waals surface area contributed by atoms with Crippen molar-refractivity contribution >= 4 is 47.0 Å². The molecule has 0 fully saturated rings. The minimum atomic E-state index is -0.407. The maximum absolute atomic E-state index is 11.7. The number of halogens is 2. The first-order valence-electron chi connectivity index (χ1n) is 9.73.